The molecule has 0 radical (unpaired) electrons. The Labute approximate surface area is 182 Å². The molecule has 2 N–H and O–H groups in total. The van der Waals surface area contributed by atoms with Gasteiger partial charge in [-0.3, -0.25) is 9.59 Å². The van der Waals surface area contributed by atoms with E-state index < -0.39 is 11.7 Å². The molecular formula is C26H27FN2O2. The van der Waals surface area contributed by atoms with Crippen molar-refractivity contribution in [3.63, 3.8) is 0 Å². The maximum Gasteiger partial charge on any atom is 0.254 e. The highest BCUT2D eigenvalue weighted by Crippen LogP contribution is 2.47. The number of allylic oxidation sites excluding steroid dienone is 3. The van der Waals surface area contributed by atoms with Crippen molar-refractivity contribution in [1.82, 2.24) is 5.32 Å². The number of benzene rings is 2. The van der Waals surface area contributed by atoms with E-state index in [1.54, 1.807) is 12.1 Å². The van der Waals surface area contributed by atoms with Crippen LogP contribution < -0.4 is 10.6 Å². The van der Waals surface area contributed by atoms with Gasteiger partial charge in [-0.05, 0) is 55.0 Å². The van der Waals surface area contributed by atoms with Gasteiger partial charge in [0.2, 0.25) is 0 Å². The number of halogens is 1. The predicted molar refractivity (Wildman–Crippen MR) is 120 cm³/mol. The van der Waals surface area contributed by atoms with Crippen molar-refractivity contribution in [3.05, 3.63) is 88.0 Å². The van der Waals surface area contributed by atoms with Gasteiger partial charge in [0.15, 0.2) is 5.78 Å². The molecule has 0 saturated carbocycles. The Morgan fingerprint density at radius 2 is 1.84 bits per heavy atom. The van der Waals surface area contributed by atoms with Crippen LogP contribution in [-0.4, -0.2) is 11.7 Å². The van der Waals surface area contributed by atoms with Gasteiger partial charge in [0.1, 0.15) is 5.82 Å². The Hall–Kier alpha value is -3.21. The first-order valence-corrected chi connectivity index (χ1v) is 10.5. The number of carbonyl (C=O) groups excluding carboxylic acids is 2. The second kappa shape index (κ2) is 7.80. The minimum absolute atomic E-state index is 0.0653. The van der Waals surface area contributed by atoms with E-state index in [-0.39, 0.29) is 17.1 Å². The van der Waals surface area contributed by atoms with Crippen molar-refractivity contribution in [1.29, 1.82) is 0 Å². The van der Waals surface area contributed by atoms with Crippen LogP contribution in [0.4, 0.5) is 10.1 Å². The standard InChI is InChI=1S/C26H27FN2O2/c1-15-8-5-6-11-19(15)23-22(25(31)29-18-10-7-9-17(27)12-18)16(2)28-20-13-26(3,4)14-21(30)24(20)23/h5-12,23,28H,13-14H2,1-4H3,(H,29,31)/t23-/m0/s1. The van der Waals surface area contributed by atoms with Gasteiger partial charge in [-0.25, -0.2) is 4.39 Å². The normalized spacial score (nSPS) is 20.3. The fourth-order valence-electron chi connectivity index (χ4n) is 4.72. The van der Waals surface area contributed by atoms with E-state index in [2.05, 4.69) is 24.5 Å². The number of carbonyl (C=O) groups is 2. The highest BCUT2D eigenvalue weighted by atomic mass is 19.1. The van der Waals surface area contributed by atoms with Crippen LogP contribution in [0.15, 0.2) is 71.1 Å². The average Bonchev–Trinajstić information content (AvgIpc) is 2.66. The molecule has 2 aromatic rings. The van der Waals surface area contributed by atoms with E-state index in [0.717, 1.165) is 23.2 Å². The number of hydrogen-bond donors (Lipinski definition) is 2. The Morgan fingerprint density at radius 3 is 2.55 bits per heavy atom. The second-order valence-corrected chi connectivity index (χ2v) is 9.25. The van der Waals surface area contributed by atoms with Gasteiger partial charge >= 0.3 is 0 Å². The Bertz CT molecular complexity index is 1140. The second-order valence-electron chi connectivity index (χ2n) is 9.25. The highest BCUT2D eigenvalue weighted by Gasteiger charge is 2.43. The van der Waals surface area contributed by atoms with Crippen molar-refractivity contribution < 1.29 is 14.0 Å². The summed E-state index contributed by atoms with van der Waals surface area (Å²) in [5.74, 6) is -1.16. The Balaban J connectivity index is 1.83. The lowest BCUT2D eigenvalue weighted by atomic mass is 9.68. The number of rotatable bonds is 3. The number of Topliss-reactive ketones (excluding diaryl/α,β-unsaturated/α-hetero) is 1. The molecule has 0 bridgehead atoms. The lowest BCUT2D eigenvalue weighted by Gasteiger charge is -2.40. The van der Waals surface area contributed by atoms with Gasteiger partial charge in [-0.1, -0.05) is 44.2 Å². The van der Waals surface area contributed by atoms with Crippen LogP contribution in [0.3, 0.4) is 0 Å². The average molecular weight is 419 g/mol. The third kappa shape index (κ3) is 4.05. The van der Waals surface area contributed by atoms with Crippen molar-refractivity contribution in [2.45, 2.75) is 46.5 Å². The summed E-state index contributed by atoms with van der Waals surface area (Å²) < 4.78 is 13.6. The maximum absolute atomic E-state index is 13.6. The largest absolute Gasteiger partial charge is 0.362 e. The molecular weight excluding hydrogens is 391 g/mol. The van der Waals surface area contributed by atoms with E-state index in [4.69, 9.17) is 0 Å². The number of aryl methyl sites for hydroxylation is 1. The molecule has 0 saturated heterocycles. The minimum atomic E-state index is -0.463. The third-order valence-corrected chi connectivity index (χ3v) is 6.07. The molecule has 5 heteroatoms. The van der Waals surface area contributed by atoms with Gasteiger partial charge in [0, 0.05) is 40.6 Å². The molecule has 4 rings (SSSR count). The fraction of sp³-hybridized carbons (Fsp3) is 0.308. The lowest BCUT2D eigenvalue weighted by Crippen LogP contribution is -2.39. The molecule has 0 spiro atoms. The molecule has 4 nitrogen and oxygen atoms in total. The van der Waals surface area contributed by atoms with Gasteiger partial charge in [0.25, 0.3) is 5.91 Å². The molecule has 160 valence electrons. The zero-order valence-corrected chi connectivity index (χ0v) is 18.3. The maximum atomic E-state index is 13.6. The van der Waals surface area contributed by atoms with E-state index in [1.165, 1.54) is 12.1 Å². The fourth-order valence-corrected chi connectivity index (χ4v) is 4.72. The van der Waals surface area contributed by atoms with E-state index in [9.17, 15) is 14.0 Å². The summed E-state index contributed by atoms with van der Waals surface area (Å²) in [6.07, 6.45) is 1.18. The summed E-state index contributed by atoms with van der Waals surface area (Å²) in [6, 6.07) is 13.7. The summed E-state index contributed by atoms with van der Waals surface area (Å²) >= 11 is 0. The zero-order chi connectivity index (χ0) is 22.3. The summed E-state index contributed by atoms with van der Waals surface area (Å²) in [5, 5.41) is 6.17. The smallest absolute Gasteiger partial charge is 0.254 e. The predicted octanol–water partition coefficient (Wildman–Crippen LogP) is 5.38. The summed E-state index contributed by atoms with van der Waals surface area (Å²) in [6.45, 7) is 8.03. The molecule has 1 amide bonds. The topological polar surface area (TPSA) is 58.2 Å². The van der Waals surface area contributed by atoms with Crippen LogP contribution in [-0.2, 0) is 9.59 Å². The SMILES string of the molecule is CC1=C(C(=O)Nc2cccc(F)c2)[C@H](c2ccccc2C)C2=C(CC(C)(C)CC2=O)N1. The number of dihydropyridines is 1. The quantitative estimate of drug-likeness (QED) is 0.704. The van der Waals surface area contributed by atoms with E-state index in [1.807, 2.05) is 38.1 Å². The summed E-state index contributed by atoms with van der Waals surface area (Å²) in [4.78, 5) is 26.7. The molecule has 1 aliphatic heterocycles. The summed E-state index contributed by atoms with van der Waals surface area (Å²) in [7, 11) is 0. The molecule has 1 heterocycles. The highest BCUT2D eigenvalue weighted by molar-refractivity contribution is 6.10. The number of anilines is 1. The molecule has 0 unspecified atom stereocenters. The van der Waals surface area contributed by atoms with Crippen molar-refractivity contribution in [2.24, 2.45) is 5.41 Å². The van der Waals surface area contributed by atoms with Crippen LogP contribution in [0.1, 0.15) is 50.7 Å². The van der Waals surface area contributed by atoms with E-state index >= 15 is 0 Å². The number of amides is 1. The molecule has 2 aromatic carbocycles. The molecule has 2 aliphatic rings. The minimum Gasteiger partial charge on any atom is -0.362 e. The molecule has 31 heavy (non-hydrogen) atoms. The molecule has 0 fully saturated rings. The van der Waals surface area contributed by atoms with Crippen LogP contribution in [0.25, 0.3) is 0 Å². The first kappa shape index (κ1) is 21.0. The van der Waals surface area contributed by atoms with Crippen LogP contribution in [0, 0.1) is 18.2 Å². The first-order chi connectivity index (χ1) is 14.7. The summed E-state index contributed by atoms with van der Waals surface area (Å²) in [5.41, 5.74) is 4.97. The monoisotopic (exact) mass is 418 g/mol. The van der Waals surface area contributed by atoms with Gasteiger partial charge in [0.05, 0.1) is 0 Å². The van der Waals surface area contributed by atoms with Gasteiger partial charge in [-0.15, -0.1) is 0 Å². The lowest BCUT2D eigenvalue weighted by molar-refractivity contribution is -0.118. The van der Waals surface area contributed by atoms with Gasteiger partial charge in [-0.2, -0.15) is 0 Å². The van der Waals surface area contributed by atoms with Crippen LogP contribution in [0.2, 0.25) is 0 Å². The first-order valence-electron chi connectivity index (χ1n) is 10.5. The van der Waals surface area contributed by atoms with E-state index in [0.29, 0.717) is 29.0 Å². The third-order valence-electron chi connectivity index (χ3n) is 6.07. The molecule has 1 atom stereocenters. The number of hydrogen-bond acceptors (Lipinski definition) is 3. The zero-order valence-electron chi connectivity index (χ0n) is 18.3. The van der Waals surface area contributed by atoms with Crippen molar-refractivity contribution >= 4 is 17.4 Å². The van der Waals surface area contributed by atoms with Crippen molar-refractivity contribution in [3.8, 4) is 0 Å². The Morgan fingerprint density at radius 1 is 1.10 bits per heavy atom. The van der Waals surface area contributed by atoms with Gasteiger partial charge < -0.3 is 10.6 Å². The number of nitrogens with one attached hydrogen (secondary N) is 2. The molecule has 1 aliphatic carbocycles. The van der Waals surface area contributed by atoms with Crippen LogP contribution >= 0.6 is 0 Å². The van der Waals surface area contributed by atoms with Crippen LogP contribution in [0.5, 0.6) is 0 Å². The number of ketones is 1. The Kier molecular flexibility index (Phi) is 5.29. The molecule has 0 aromatic heterocycles. The van der Waals surface area contributed by atoms with Crippen molar-refractivity contribution in [2.75, 3.05) is 5.32 Å².